The third-order valence-corrected chi connectivity index (χ3v) is 1.56. The summed E-state index contributed by atoms with van der Waals surface area (Å²) < 4.78 is 0. The maximum atomic E-state index is 10.1. The molecule has 1 radical (unpaired) electrons. The summed E-state index contributed by atoms with van der Waals surface area (Å²) in [7, 11) is 1.49. The fraction of sp³-hybridized carbons (Fsp3) is 0.200. The minimum Gasteiger partial charge on any atom is -0.399 e. The number of oxime groups is 1. The molecular formula is C10H10NO2. The lowest BCUT2D eigenvalue weighted by Gasteiger charge is -1.95. The summed E-state index contributed by atoms with van der Waals surface area (Å²) in [5, 5.41) is 3.62. The molecule has 0 aliphatic rings. The molecule has 0 aliphatic heterocycles. The minimum atomic E-state index is 0.335. The summed E-state index contributed by atoms with van der Waals surface area (Å²) in [6.07, 6.45) is 3.78. The van der Waals surface area contributed by atoms with Gasteiger partial charge in [0.25, 0.3) is 0 Å². The number of rotatable bonds is 4. The van der Waals surface area contributed by atoms with Gasteiger partial charge < -0.3 is 4.84 Å². The van der Waals surface area contributed by atoms with Gasteiger partial charge in [0.15, 0.2) is 0 Å². The molecule has 13 heavy (non-hydrogen) atoms. The molecule has 0 saturated heterocycles. The molecule has 3 heteroatoms. The summed E-state index contributed by atoms with van der Waals surface area (Å²) in [4.78, 5) is 14.6. The van der Waals surface area contributed by atoms with Crippen LogP contribution in [0.15, 0.2) is 29.4 Å². The van der Waals surface area contributed by atoms with Crippen molar-refractivity contribution < 1.29 is 9.63 Å². The molecule has 1 aromatic rings. The van der Waals surface area contributed by atoms with Crippen molar-refractivity contribution in [1.29, 1.82) is 0 Å². The van der Waals surface area contributed by atoms with Crippen LogP contribution in [-0.4, -0.2) is 19.6 Å². The number of nitrogens with zero attached hydrogens (tertiary/aromatic N) is 1. The highest BCUT2D eigenvalue weighted by Crippen LogP contribution is 2.02. The van der Waals surface area contributed by atoms with Gasteiger partial charge in [0.05, 0.1) is 6.21 Å². The van der Waals surface area contributed by atoms with Crippen molar-refractivity contribution in [2.75, 3.05) is 7.11 Å². The molecule has 0 bridgehead atoms. The van der Waals surface area contributed by atoms with E-state index in [-0.39, 0.29) is 0 Å². The first-order valence-corrected chi connectivity index (χ1v) is 3.87. The molecule has 67 valence electrons. The van der Waals surface area contributed by atoms with Gasteiger partial charge in [-0.2, -0.15) is 0 Å². The van der Waals surface area contributed by atoms with E-state index < -0.39 is 0 Å². The molecule has 1 aromatic carbocycles. The van der Waals surface area contributed by atoms with Crippen LogP contribution in [0.1, 0.15) is 11.1 Å². The summed E-state index contributed by atoms with van der Waals surface area (Å²) in [6, 6.07) is 7.47. The highest BCUT2D eigenvalue weighted by molar-refractivity contribution is 5.79. The Labute approximate surface area is 77.0 Å². The molecule has 0 spiro atoms. The van der Waals surface area contributed by atoms with Gasteiger partial charge in [-0.05, 0) is 11.1 Å². The van der Waals surface area contributed by atoms with E-state index in [1.165, 1.54) is 7.11 Å². The number of carbonyl (C=O) groups excluding carboxylic acids is 1. The van der Waals surface area contributed by atoms with Crippen molar-refractivity contribution in [3.05, 3.63) is 35.4 Å². The smallest absolute Gasteiger partial charge is 0.203 e. The van der Waals surface area contributed by atoms with Crippen molar-refractivity contribution in [1.82, 2.24) is 0 Å². The third-order valence-electron chi connectivity index (χ3n) is 1.56. The van der Waals surface area contributed by atoms with E-state index in [2.05, 4.69) is 9.99 Å². The zero-order valence-corrected chi connectivity index (χ0v) is 7.36. The maximum Gasteiger partial charge on any atom is 0.203 e. The van der Waals surface area contributed by atoms with Crippen molar-refractivity contribution in [2.24, 2.45) is 5.16 Å². The number of hydrogen-bond donors (Lipinski definition) is 0. The lowest BCUT2D eigenvalue weighted by Crippen LogP contribution is -1.87. The van der Waals surface area contributed by atoms with Crippen LogP contribution in [0.4, 0.5) is 0 Å². The van der Waals surface area contributed by atoms with Crippen molar-refractivity contribution in [3.8, 4) is 0 Å². The van der Waals surface area contributed by atoms with Gasteiger partial charge in [-0.25, -0.2) is 0 Å². The van der Waals surface area contributed by atoms with Gasteiger partial charge in [0.1, 0.15) is 7.11 Å². The second kappa shape index (κ2) is 5.09. The standard InChI is InChI=1S/C10H10NO2/c1-13-11-8-10-4-2-9(3-5-10)6-7-12/h2-5,8H,6H2,1H3. The molecular weight excluding hydrogens is 166 g/mol. The Hall–Kier alpha value is -1.64. The summed E-state index contributed by atoms with van der Waals surface area (Å²) in [5.74, 6) is 0. The van der Waals surface area contributed by atoms with Gasteiger partial charge in [0, 0.05) is 6.42 Å². The van der Waals surface area contributed by atoms with E-state index in [4.69, 9.17) is 0 Å². The molecule has 0 unspecified atom stereocenters. The lowest BCUT2D eigenvalue weighted by molar-refractivity contribution is 0.215. The van der Waals surface area contributed by atoms with E-state index in [1.54, 1.807) is 6.21 Å². The summed E-state index contributed by atoms with van der Waals surface area (Å²) in [6.45, 7) is 0. The fourth-order valence-corrected chi connectivity index (χ4v) is 0.918. The van der Waals surface area contributed by atoms with Crippen LogP contribution < -0.4 is 0 Å². The van der Waals surface area contributed by atoms with Gasteiger partial charge in [0.2, 0.25) is 6.29 Å². The topological polar surface area (TPSA) is 38.7 Å². The number of benzene rings is 1. The van der Waals surface area contributed by atoms with E-state index in [1.807, 2.05) is 30.6 Å². The predicted octanol–water partition coefficient (Wildman–Crippen LogP) is 1.32. The quantitative estimate of drug-likeness (QED) is 0.512. The average Bonchev–Trinajstić information content (AvgIpc) is 2.17. The van der Waals surface area contributed by atoms with Crippen LogP contribution in [0.3, 0.4) is 0 Å². The Morgan fingerprint density at radius 2 is 2.15 bits per heavy atom. The molecule has 0 N–H and O–H groups in total. The van der Waals surface area contributed by atoms with Crippen LogP contribution in [0.5, 0.6) is 0 Å². The Morgan fingerprint density at radius 3 is 2.69 bits per heavy atom. The van der Waals surface area contributed by atoms with Crippen LogP contribution in [0, 0.1) is 0 Å². The lowest BCUT2D eigenvalue weighted by atomic mass is 10.1. The second-order valence-electron chi connectivity index (χ2n) is 2.48. The number of hydrogen-bond acceptors (Lipinski definition) is 3. The molecule has 0 aliphatic carbocycles. The Balaban J connectivity index is 2.69. The molecule has 0 heterocycles. The van der Waals surface area contributed by atoms with Crippen LogP contribution in [0.25, 0.3) is 0 Å². The highest BCUT2D eigenvalue weighted by Gasteiger charge is 1.91. The van der Waals surface area contributed by atoms with Gasteiger partial charge in [-0.1, -0.05) is 29.4 Å². The molecule has 0 atom stereocenters. The van der Waals surface area contributed by atoms with Crippen molar-refractivity contribution in [3.63, 3.8) is 0 Å². The van der Waals surface area contributed by atoms with Gasteiger partial charge in [-0.3, -0.25) is 4.79 Å². The van der Waals surface area contributed by atoms with Crippen LogP contribution in [0.2, 0.25) is 0 Å². The van der Waals surface area contributed by atoms with Crippen molar-refractivity contribution in [2.45, 2.75) is 6.42 Å². The molecule has 0 amide bonds. The normalized spacial score (nSPS) is 10.2. The molecule has 3 nitrogen and oxygen atoms in total. The predicted molar refractivity (Wildman–Crippen MR) is 50.4 cm³/mol. The fourth-order valence-electron chi connectivity index (χ4n) is 0.918. The van der Waals surface area contributed by atoms with E-state index in [0.717, 1.165) is 11.1 Å². The summed E-state index contributed by atoms with van der Waals surface area (Å²) in [5.41, 5.74) is 1.89. The zero-order chi connectivity index (χ0) is 9.52. The van der Waals surface area contributed by atoms with Crippen LogP contribution >= 0.6 is 0 Å². The molecule has 1 rings (SSSR count). The van der Waals surface area contributed by atoms with E-state index in [9.17, 15) is 4.79 Å². The zero-order valence-electron chi connectivity index (χ0n) is 7.36. The molecule has 0 fully saturated rings. The first-order chi connectivity index (χ1) is 6.36. The summed E-state index contributed by atoms with van der Waals surface area (Å²) >= 11 is 0. The average molecular weight is 176 g/mol. The second-order valence-corrected chi connectivity index (χ2v) is 2.48. The Bertz CT molecular complexity index is 290. The Kier molecular flexibility index (Phi) is 3.70. The first kappa shape index (κ1) is 9.45. The van der Waals surface area contributed by atoms with Gasteiger partial charge >= 0.3 is 0 Å². The maximum absolute atomic E-state index is 10.1. The van der Waals surface area contributed by atoms with E-state index >= 15 is 0 Å². The SMILES string of the molecule is CON=Cc1ccc(C[C]=O)cc1. The Morgan fingerprint density at radius 1 is 1.46 bits per heavy atom. The first-order valence-electron chi connectivity index (χ1n) is 3.87. The monoisotopic (exact) mass is 176 g/mol. The van der Waals surface area contributed by atoms with E-state index in [0.29, 0.717) is 6.42 Å². The van der Waals surface area contributed by atoms with Crippen molar-refractivity contribution >= 4 is 12.5 Å². The highest BCUT2D eigenvalue weighted by atomic mass is 16.6. The molecule has 0 aromatic heterocycles. The molecule has 0 saturated carbocycles. The minimum absolute atomic E-state index is 0.335. The largest absolute Gasteiger partial charge is 0.399 e. The van der Waals surface area contributed by atoms with Gasteiger partial charge in [-0.15, -0.1) is 0 Å². The third kappa shape index (κ3) is 3.07. The van der Waals surface area contributed by atoms with Crippen LogP contribution in [-0.2, 0) is 16.1 Å².